The zero-order valence-corrected chi connectivity index (χ0v) is 13.8. The van der Waals surface area contributed by atoms with Gasteiger partial charge in [-0.3, -0.25) is 14.4 Å². The molecule has 1 atom stereocenters. The molecule has 0 aromatic heterocycles. The number of carboxylic acid groups (broad SMARTS) is 1. The van der Waals surface area contributed by atoms with Gasteiger partial charge in [-0.1, -0.05) is 28.0 Å². The molecule has 0 saturated carbocycles. The largest absolute Gasteiger partial charge is 0.481 e. The third-order valence-electron chi connectivity index (χ3n) is 3.34. The second-order valence-corrected chi connectivity index (χ2v) is 7.79. The van der Waals surface area contributed by atoms with Crippen LogP contribution in [0.5, 0.6) is 0 Å². The first-order chi connectivity index (χ1) is 9.97. The minimum Gasteiger partial charge on any atom is -0.481 e. The van der Waals surface area contributed by atoms with E-state index in [0.29, 0.717) is 31.0 Å². The van der Waals surface area contributed by atoms with Crippen molar-refractivity contribution in [2.75, 3.05) is 24.6 Å². The van der Waals surface area contributed by atoms with E-state index < -0.39 is 11.4 Å². The number of rotatable bonds is 8. The summed E-state index contributed by atoms with van der Waals surface area (Å²) in [5, 5.41) is 14.1. The van der Waals surface area contributed by atoms with E-state index >= 15 is 0 Å². The molecule has 1 heterocycles. The van der Waals surface area contributed by atoms with Gasteiger partial charge in [0.15, 0.2) is 0 Å². The van der Waals surface area contributed by atoms with E-state index in [-0.39, 0.29) is 18.2 Å². The summed E-state index contributed by atoms with van der Waals surface area (Å²) in [6, 6.07) is 0. The first kappa shape index (κ1) is 18.2. The smallest absolute Gasteiger partial charge is 0.304 e. The molecule has 0 radical (unpaired) electrons. The van der Waals surface area contributed by atoms with Crippen LogP contribution in [0, 0.1) is 5.41 Å². The van der Waals surface area contributed by atoms with Gasteiger partial charge < -0.3 is 15.7 Å². The lowest BCUT2D eigenvalue weighted by Crippen LogP contribution is -2.49. The van der Waals surface area contributed by atoms with Crippen molar-refractivity contribution in [3.8, 4) is 0 Å². The monoisotopic (exact) mass is 334 g/mol. The van der Waals surface area contributed by atoms with Crippen LogP contribution in [-0.2, 0) is 14.4 Å². The number of carbonyl (C=O) groups is 3. The first-order valence-corrected chi connectivity index (χ1v) is 9.48. The van der Waals surface area contributed by atoms with Crippen LogP contribution in [0.4, 0.5) is 0 Å². The van der Waals surface area contributed by atoms with Crippen LogP contribution in [0.25, 0.3) is 0 Å². The fourth-order valence-corrected chi connectivity index (χ4v) is 3.87. The molecule has 0 aromatic rings. The molecule has 6 nitrogen and oxygen atoms in total. The van der Waals surface area contributed by atoms with Crippen molar-refractivity contribution in [2.45, 2.75) is 32.6 Å². The zero-order chi connectivity index (χ0) is 15.7. The molecule has 0 bridgehead atoms. The summed E-state index contributed by atoms with van der Waals surface area (Å²) in [7, 11) is 3.00. The van der Waals surface area contributed by atoms with E-state index in [0.717, 1.165) is 12.8 Å². The number of hydrogen-bond acceptors (Lipinski definition) is 5. The highest BCUT2D eigenvalue weighted by Crippen LogP contribution is 2.27. The molecule has 3 N–H and O–H groups in total. The molecule has 2 amide bonds. The lowest BCUT2D eigenvalue weighted by molar-refractivity contribution is -0.142. The lowest BCUT2D eigenvalue weighted by atomic mass is 9.84. The quantitative estimate of drug-likeness (QED) is 0.351. The standard InChI is InChI=1S/C13H22N2O4S2/c1-13(5-2-3-6-14-11(13)18)12(19)15-7-9-21-20-8-4-10(16)17/h2-9H2,1H3,(H,14,18)(H,15,19)(H,16,17). The Morgan fingerprint density at radius 1 is 1.33 bits per heavy atom. The number of hydrogen-bond donors (Lipinski definition) is 3. The molecule has 1 aliphatic rings. The molecule has 21 heavy (non-hydrogen) atoms. The van der Waals surface area contributed by atoms with Crippen molar-refractivity contribution in [2.24, 2.45) is 5.41 Å². The molecule has 0 aromatic carbocycles. The molecule has 1 unspecified atom stereocenters. The van der Waals surface area contributed by atoms with Crippen LogP contribution >= 0.6 is 21.6 Å². The van der Waals surface area contributed by atoms with Gasteiger partial charge in [-0.2, -0.15) is 0 Å². The van der Waals surface area contributed by atoms with Gasteiger partial charge in [-0.15, -0.1) is 0 Å². The van der Waals surface area contributed by atoms with Gasteiger partial charge in [0, 0.05) is 24.6 Å². The summed E-state index contributed by atoms with van der Waals surface area (Å²) in [6.07, 6.45) is 2.49. The maximum absolute atomic E-state index is 12.2. The van der Waals surface area contributed by atoms with E-state index in [1.165, 1.54) is 21.6 Å². The Morgan fingerprint density at radius 3 is 2.76 bits per heavy atom. The van der Waals surface area contributed by atoms with Gasteiger partial charge in [-0.05, 0) is 19.8 Å². The van der Waals surface area contributed by atoms with Gasteiger partial charge >= 0.3 is 5.97 Å². The molecule has 1 aliphatic heterocycles. The van der Waals surface area contributed by atoms with Gasteiger partial charge in [-0.25, -0.2) is 0 Å². The highest BCUT2D eigenvalue weighted by molar-refractivity contribution is 8.76. The van der Waals surface area contributed by atoms with Gasteiger partial charge in [0.05, 0.1) is 6.42 Å². The Hall–Kier alpha value is -0.890. The highest BCUT2D eigenvalue weighted by atomic mass is 33.1. The predicted octanol–water partition coefficient (Wildman–Crippen LogP) is 1.27. The summed E-state index contributed by atoms with van der Waals surface area (Å²) >= 11 is 0. The van der Waals surface area contributed by atoms with Crippen LogP contribution in [0.15, 0.2) is 0 Å². The number of carbonyl (C=O) groups excluding carboxylic acids is 2. The number of aliphatic carboxylic acids is 1. The van der Waals surface area contributed by atoms with Crippen LogP contribution in [0.1, 0.15) is 32.6 Å². The molecular formula is C13H22N2O4S2. The van der Waals surface area contributed by atoms with E-state index in [9.17, 15) is 14.4 Å². The molecule has 1 rings (SSSR count). The van der Waals surface area contributed by atoms with E-state index in [4.69, 9.17) is 5.11 Å². The second kappa shape index (κ2) is 9.19. The summed E-state index contributed by atoms with van der Waals surface area (Å²) in [5.41, 5.74) is -0.975. The highest BCUT2D eigenvalue weighted by Gasteiger charge is 2.41. The van der Waals surface area contributed by atoms with Crippen molar-refractivity contribution in [3.05, 3.63) is 0 Å². The SMILES string of the molecule is CC1(C(=O)NCCSSCCC(=O)O)CCCCNC1=O. The summed E-state index contributed by atoms with van der Waals surface area (Å²) in [6.45, 7) is 2.81. The zero-order valence-electron chi connectivity index (χ0n) is 12.1. The summed E-state index contributed by atoms with van der Waals surface area (Å²) in [5.74, 6) is 0.0182. The van der Waals surface area contributed by atoms with Crippen molar-refractivity contribution in [3.63, 3.8) is 0 Å². The molecule has 8 heteroatoms. The van der Waals surface area contributed by atoms with Crippen LogP contribution in [0.3, 0.4) is 0 Å². The summed E-state index contributed by atoms with van der Waals surface area (Å²) in [4.78, 5) is 34.5. The van der Waals surface area contributed by atoms with Gasteiger partial charge in [0.25, 0.3) is 0 Å². The topological polar surface area (TPSA) is 95.5 Å². The Morgan fingerprint density at radius 2 is 2.05 bits per heavy atom. The Kier molecular flexibility index (Phi) is 7.95. The fourth-order valence-electron chi connectivity index (χ4n) is 1.98. The molecule has 1 fully saturated rings. The maximum atomic E-state index is 12.2. The number of amides is 2. The molecule has 120 valence electrons. The molecule has 0 aliphatic carbocycles. The van der Waals surface area contributed by atoms with Crippen LogP contribution in [-0.4, -0.2) is 47.5 Å². The third kappa shape index (κ3) is 6.17. The number of nitrogens with one attached hydrogen (secondary N) is 2. The first-order valence-electron chi connectivity index (χ1n) is 6.99. The molecular weight excluding hydrogens is 312 g/mol. The third-order valence-corrected chi connectivity index (χ3v) is 5.75. The van der Waals surface area contributed by atoms with Crippen molar-refractivity contribution < 1.29 is 19.5 Å². The predicted molar refractivity (Wildman–Crippen MR) is 85.1 cm³/mol. The van der Waals surface area contributed by atoms with Crippen molar-refractivity contribution in [1.29, 1.82) is 0 Å². The molecule has 0 spiro atoms. The molecule has 1 saturated heterocycles. The Bertz CT molecular complexity index is 392. The van der Waals surface area contributed by atoms with Gasteiger partial charge in [0.2, 0.25) is 11.8 Å². The van der Waals surface area contributed by atoms with E-state index in [1.807, 2.05) is 0 Å². The van der Waals surface area contributed by atoms with Crippen LogP contribution < -0.4 is 10.6 Å². The van der Waals surface area contributed by atoms with Gasteiger partial charge in [0.1, 0.15) is 5.41 Å². The Labute approximate surface area is 132 Å². The van der Waals surface area contributed by atoms with Crippen molar-refractivity contribution in [1.82, 2.24) is 10.6 Å². The minimum atomic E-state index is -0.975. The summed E-state index contributed by atoms with van der Waals surface area (Å²) < 4.78 is 0. The number of carboxylic acids is 1. The van der Waals surface area contributed by atoms with Crippen molar-refractivity contribution >= 4 is 39.4 Å². The fraction of sp³-hybridized carbons (Fsp3) is 0.769. The van der Waals surface area contributed by atoms with E-state index in [1.54, 1.807) is 6.92 Å². The second-order valence-electron chi connectivity index (χ2n) is 5.09. The minimum absolute atomic E-state index is 0.141. The average molecular weight is 334 g/mol. The van der Waals surface area contributed by atoms with Crippen LogP contribution in [0.2, 0.25) is 0 Å². The average Bonchev–Trinajstić information content (AvgIpc) is 2.60. The Balaban J connectivity index is 2.23. The van der Waals surface area contributed by atoms with E-state index in [2.05, 4.69) is 10.6 Å². The maximum Gasteiger partial charge on any atom is 0.304 e. The normalized spacial score (nSPS) is 22.2. The lowest BCUT2D eigenvalue weighted by Gasteiger charge is -2.24.